The van der Waals surface area contributed by atoms with Crippen molar-refractivity contribution in [2.24, 2.45) is 28.6 Å². The lowest BCUT2D eigenvalue weighted by molar-refractivity contribution is -0.155. The summed E-state index contributed by atoms with van der Waals surface area (Å²) in [5.74, 6) is 1.60. The highest BCUT2D eigenvalue weighted by molar-refractivity contribution is 5.99. The molecule has 5 atom stereocenters. The van der Waals surface area contributed by atoms with Crippen molar-refractivity contribution in [1.82, 2.24) is 0 Å². The molecule has 0 saturated heterocycles. The lowest BCUT2D eigenvalue weighted by Gasteiger charge is -2.56. The lowest BCUT2D eigenvalue weighted by atomic mass is 9.46. The normalized spacial score (nSPS) is 48.5. The van der Waals surface area contributed by atoms with Gasteiger partial charge in [-0.25, -0.2) is 0 Å². The quantitative estimate of drug-likeness (QED) is 0.677. The van der Waals surface area contributed by atoms with E-state index in [0.29, 0.717) is 36.2 Å². The van der Waals surface area contributed by atoms with E-state index in [1.54, 1.807) is 0 Å². The Morgan fingerprint density at radius 2 is 1.90 bits per heavy atom. The predicted octanol–water partition coefficient (Wildman–Crippen LogP) is 3.86. The van der Waals surface area contributed by atoms with Gasteiger partial charge >= 0.3 is 0 Å². The molecule has 0 aromatic rings. The molecule has 0 N–H and O–H groups in total. The van der Waals surface area contributed by atoms with Crippen LogP contribution in [0.5, 0.6) is 0 Å². The van der Waals surface area contributed by atoms with E-state index in [-0.39, 0.29) is 16.7 Å². The number of allylic oxidation sites excluding steroid dienone is 4. The Kier molecular flexibility index (Phi) is 2.68. The van der Waals surface area contributed by atoms with Gasteiger partial charge in [-0.05, 0) is 37.5 Å². The summed E-state index contributed by atoms with van der Waals surface area (Å²) in [7, 11) is 0. The SMILES string of the molecule is C[C@@]12C=CC=C1[C@@H]1CCC3C(=O)CCC(=O)[C@]3(C)[C@H]1CC2. The second-order valence-electron chi connectivity index (χ2n) is 7.95. The third-order valence-electron chi connectivity index (χ3n) is 7.11. The Morgan fingerprint density at radius 3 is 2.71 bits per heavy atom. The van der Waals surface area contributed by atoms with Crippen molar-refractivity contribution in [3.63, 3.8) is 0 Å². The minimum Gasteiger partial charge on any atom is -0.299 e. The Bertz CT molecular complexity index is 584. The van der Waals surface area contributed by atoms with Gasteiger partial charge < -0.3 is 0 Å². The van der Waals surface area contributed by atoms with Gasteiger partial charge in [0.15, 0.2) is 0 Å². The number of carbonyl (C=O) groups is 2. The van der Waals surface area contributed by atoms with Crippen molar-refractivity contribution < 1.29 is 9.59 Å². The summed E-state index contributed by atoms with van der Waals surface area (Å²) in [4.78, 5) is 25.1. The Hall–Kier alpha value is -1.18. The first-order valence-corrected chi connectivity index (χ1v) is 8.43. The van der Waals surface area contributed by atoms with Crippen LogP contribution in [0.4, 0.5) is 0 Å². The molecule has 0 aliphatic heterocycles. The minimum absolute atomic E-state index is 0.000631. The second kappa shape index (κ2) is 4.18. The molecule has 2 heteroatoms. The maximum atomic E-state index is 12.7. The summed E-state index contributed by atoms with van der Waals surface area (Å²) >= 11 is 0. The molecule has 0 radical (unpaired) electrons. The van der Waals surface area contributed by atoms with E-state index in [1.165, 1.54) is 5.57 Å². The van der Waals surface area contributed by atoms with Gasteiger partial charge in [-0.3, -0.25) is 9.59 Å². The number of rotatable bonds is 0. The van der Waals surface area contributed by atoms with Crippen LogP contribution in [0.15, 0.2) is 23.8 Å². The van der Waals surface area contributed by atoms with Crippen LogP contribution in [0, 0.1) is 28.6 Å². The molecule has 1 unspecified atom stereocenters. The fourth-order valence-corrected chi connectivity index (χ4v) is 5.85. The molecule has 3 saturated carbocycles. The van der Waals surface area contributed by atoms with Gasteiger partial charge in [0.1, 0.15) is 11.6 Å². The highest BCUT2D eigenvalue weighted by Crippen LogP contribution is 2.62. The zero-order valence-electron chi connectivity index (χ0n) is 13.0. The molecule has 0 bridgehead atoms. The van der Waals surface area contributed by atoms with Crippen LogP contribution in [0.3, 0.4) is 0 Å². The molecule has 0 spiro atoms. The number of carbonyl (C=O) groups excluding carboxylic acids is 2. The highest BCUT2D eigenvalue weighted by Gasteiger charge is 2.59. The molecule has 112 valence electrons. The standard InChI is InChI=1S/C19H24O2/c1-18-10-3-4-13(18)12-5-6-15-16(20)7-8-17(21)19(15,2)14(12)9-11-18/h3-4,10,12,14-15H,5-9,11H2,1-2H3/t12-,14-,15?,18-,19+/m0/s1. The summed E-state index contributed by atoms with van der Waals surface area (Å²) in [6.07, 6.45) is 12.0. The van der Waals surface area contributed by atoms with Crippen LogP contribution in [0.25, 0.3) is 0 Å². The number of ketones is 2. The van der Waals surface area contributed by atoms with E-state index >= 15 is 0 Å². The molecule has 0 heterocycles. The Labute approximate surface area is 126 Å². The predicted molar refractivity (Wildman–Crippen MR) is 81.6 cm³/mol. The highest BCUT2D eigenvalue weighted by atomic mass is 16.1. The number of fused-ring (bicyclic) bond motifs is 5. The molecular formula is C19H24O2. The second-order valence-corrected chi connectivity index (χ2v) is 7.95. The summed E-state index contributed by atoms with van der Waals surface area (Å²) in [5.41, 5.74) is 1.36. The largest absolute Gasteiger partial charge is 0.299 e. The molecule has 3 fully saturated rings. The van der Waals surface area contributed by atoms with Crippen LogP contribution in [-0.2, 0) is 9.59 Å². The van der Waals surface area contributed by atoms with Crippen LogP contribution >= 0.6 is 0 Å². The maximum absolute atomic E-state index is 12.7. The van der Waals surface area contributed by atoms with E-state index in [1.807, 2.05) is 0 Å². The molecular weight excluding hydrogens is 260 g/mol. The average molecular weight is 284 g/mol. The van der Waals surface area contributed by atoms with Gasteiger partial charge in [0.2, 0.25) is 0 Å². The van der Waals surface area contributed by atoms with E-state index < -0.39 is 0 Å². The van der Waals surface area contributed by atoms with Crippen molar-refractivity contribution >= 4 is 11.6 Å². The molecule has 4 rings (SSSR count). The van der Waals surface area contributed by atoms with E-state index in [9.17, 15) is 9.59 Å². The van der Waals surface area contributed by atoms with Crippen molar-refractivity contribution in [2.45, 2.75) is 52.4 Å². The average Bonchev–Trinajstić information content (AvgIpc) is 2.85. The third kappa shape index (κ3) is 1.59. The van der Waals surface area contributed by atoms with Gasteiger partial charge in [-0.1, -0.05) is 37.6 Å². The molecule has 21 heavy (non-hydrogen) atoms. The third-order valence-corrected chi connectivity index (χ3v) is 7.11. The van der Waals surface area contributed by atoms with E-state index in [0.717, 1.165) is 25.7 Å². The summed E-state index contributed by atoms with van der Waals surface area (Å²) in [5, 5.41) is 0. The van der Waals surface area contributed by atoms with Gasteiger partial charge in [0.25, 0.3) is 0 Å². The summed E-state index contributed by atoms with van der Waals surface area (Å²) in [6, 6.07) is 0. The molecule has 4 aliphatic carbocycles. The van der Waals surface area contributed by atoms with Crippen molar-refractivity contribution in [2.75, 3.05) is 0 Å². The fraction of sp³-hybridized carbons (Fsp3) is 0.684. The number of hydrogen-bond donors (Lipinski definition) is 0. The first-order chi connectivity index (χ1) is 9.97. The zero-order valence-corrected chi connectivity index (χ0v) is 13.0. The lowest BCUT2D eigenvalue weighted by Crippen LogP contribution is -2.56. The maximum Gasteiger partial charge on any atom is 0.140 e. The fourth-order valence-electron chi connectivity index (χ4n) is 5.85. The molecule has 0 aromatic heterocycles. The van der Waals surface area contributed by atoms with Gasteiger partial charge in [0, 0.05) is 29.6 Å². The first kappa shape index (κ1) is 13.5. The topological polar surface area (TPSA) is 34.1 Å². The van der Waals surface area contributed by atoms with Crippen LogP contribution in [0.1, 0.15) is 52.4 Å². The monoisotopic (exact) mass is 284 g/mol. The summed E-state index contributed by atoms with van der Waals surface area (Å²) in [6.45, 7) is 4.44. The molecule has 2 nitrogen and oxygen atoms in total. The van der Waals surface area contributed by atoms with Crippen molar-refractivity contribution in [3.8, 4) is 0 Å². The first-order valence-electron chi connectivity index (χ1n) is 8.43. The molecule has 4 aliphatic rings. The van der Waals surface area contributed by atoms with Crippen LogP contribution in [-0.4, -0.2) is 11.6 Å². The summed E-state index contributed by atoms with van der Waals surface area (Å²) < 4.78 is 0. The Morgan fingerprint density at radius 1 is 1.10 bits per heavy atom. The van der Waals surface area contributed by atoms with Crippen molar-refractivity contribution in [3.05, 3.63) is 23.8 Å². The zero-order chi connectivity index (χ0) is 14.8. The smallest absolute Gasteiger partial charge is 0.140 e. The number of Topliss-reactive ketones (excluding diaryl/α,β-unsaturated/α-hetero) is 2. The van der Waals surface area contributed by atoms with Crippen molar-refractivity contribution in [1.29, 1.82) is 0 Å². The van der Waals surface area contributed by atoms with Crippen LogP contribution < -0.4 is 0 Å². The van der Waals surface area contributed by atoms with E-state index in [2.05, 4.69) is 32.1 Å². The number of hydrogen-bond acceptors (Lipinski definition) is 2. The minimum atomic E-state index is -0.386. The molecule has 0 aromatic carbocycles. The Balaban J connectivity index is 1.76. The van der Waals surface area contributed by atoms with Gasteiger partial charge in [-0.15, -0.1) is 0 Å². The van der Waals surface area contributed by atoms with Gasteiger partial charge in [-0.2, -0.15) is 0 Å². The van der Waals surface area contributed by atoms with Crippen LogP contribution in [0.2, 0.25) is 0 Å². The molecule has 0 amide bonds. The van der Waals surface area contributed by atoms with E-state index in [4.69, 9.17) is 0 Å². The van der Waals surface area contributed by atoms with Gasteiger partial charge in [0.05, 0.1) is 0 Å².